The summed E-state index contributed by atoms with van der Waals surface area (Å²) >= 11 is 0. The molecule has 2 aliphatic heterocycles. The van der Waals surface area contributed by atoms with Gasteiger partial charge in [0.25, 0.3) is 0 Å². The van der Waals surface area contributed by atoms with Gasteiger partial charge in [-0.1, -0.05) is 38.1 Å². The van der Waals surface area contributed by atoms with Crippen molar-refractivity contribution in [2.24, 2.45) is 0 Å². The van der Waals surface area contributed by atoms with E-state index in [2.05, 4.69) is 22.3 Å². The van der Waals surface area contributed by atoms with Crippen LogP contribution in [0, 0.1) is 0 Å². The highest BCUT2D eigenvalue weighted by Crippen LogP contribution is 2.25. The maximum atomic E-state index is 13.6. The van der Waals surface area contributed by atoms with Crippen molar-refractivity contribution < 1.29 is 18.0 Å². The van der Waals surface area contributed by atoms with Crippen LogP contribution < -0.4 is 10.2 Å². The molecule has 1 atom stereocenters. The molecule has 0 saturated carbocycles. The van der Waals surface area contributed by atoms with Crippen molar-refractivity contribution >= 4 is 27.5 Å². The summed E-state index contributed by atoms with van der Waals surface area (Å²) in [5.41, 5.74) is 3.16. The molecule has 37 heavy (non-hydrogen) atoms. The number of carbonyl (C=O) groups excluding carboxylic acids is 2. The summed E-state index contributed by atoms with van der Waals surface area (Å²) < 4.78 is 28.4. The van der Waals surface area contributed by atoms with E-state index >= 15 is 0 Å². The number of benzene rings is 2. The van der Waals surface area contributed by atoms with Gasteiger partial charge in [0.05, 0.1) is 4.90 Å². The molecule has 2 aromatic rings. The lowest BCUT2D eigenvalue weighted by Crippen LogP contribution is -2.61. The van der Waals surface area contributed by atoms with E-state index in [1.54, 1.807) is 12.1 Å². The smallest absolute Gasteiger partial charge is 0.243 e. The Labute approximate surface area is 220 Å². The third kappa shape index (κ3) is 6.33. The number of nitrogens with one attached hydrogen (secondary N) is 1. The normalized spacial score (nSPS) is 19.2. The molecule has 0 bridgehead atoms. The molecule has 0 spiro atoms. The van der Waals surface area contributed by atoms with Crippen molar-refractivity contribution in [2.75, 3.05) is 37.6 Å². The fourth-order valence-corrected chi connectivity index (χ4v) is 6.57. The maximum absolute atomic E-state index is 13.6. The molecule has 2 saturated heterocycles. The Morgan fingerprint density at radius 2 is 1.57 bits per heavy atom. The van der Waals surface area contributed by atoms with E-state index in [1.165, 1.54) is 41.1 Å². The Morgan fingerprint density at radius 1 is 0.919 bits per heavy atom. The molecule has 1 N–H and O–H groups in total. The molecule has 200 valence electrons. The van der Waals surface area contributed by atoms with Gasteiger partial charge in [0.15, 0.2) is 0 Å². The third-order valence-electron chi connectivity index (χ3n) is 7.36. The number of anilines is 1. The van der Waals surface area contributed by atoms with Crippen LogP contribution in [0.1, 0.15) is 57.1 Å². The number of carbonyl (C=O) groups is 2. The number of nitrogens with zero attached hydrogens (tertiary/aromatic N) is 3. The summed E-state index contributed by atoms with van der Waals surface area (Å²) in [6, 6.07) is 14.0. The number of piperidine rings is 1. The van der Waals surface area contributed by atoms with Gasteiger partial charge in [-0.15, -0.1) is 0 Å². The van der Waals surface area contributed by atoms with E-state index in [1.807, 2.05) is 38.1 Å². The summed E-state index contributed by atoms with van der Waals surface area (Å²) in [6.07, 6.45) is 3.69. The number of rotatable bonds is 7. The Hall–Kier alpha value is -2.91. The standard InChI is InChI=1S/C28H38N4O4S/c1-21(2)24-9-13-26(14-10-24)37(35,36)32-18-17-31(22(3)33)20-27(32)28(34)29-19-23-7-11-25(12-8-23)30-15-5-4-6-16-30/h7-14,21,27H,4-6,15-20H2,1-3H3,(H,29,34). The molecule has 1 unspecified atom stereocenters. The van der Waals surface area contributed by atoms with Crippen molar-refractivity contribution in [3.63, 3.8) is 0 Å². The van der Waals surface area contributed by atoms with Gasteiger partial charge in [0.1, 0.15) is 6.04 Å². The highest BCUT2D eigenvalue weighted by Gasteiger charge is 2.40. The van der Waals surface area contributed by atoms with E-state index in [9.17, 15) is 18.0 Å². The summed E-state index contributed by atoms with van der Waals surface area (Å²) in [6.45, 7) is 8.29. The van der Waals surface area contributed by atoms with Crippen LogP contribution in [-0.4, -0.2) is 68.2 Å². The molecule has 0 aliphatic carbocycles. The van der Waals surface area contributed by atoms with Crippen molar-refractivity contribution in [3.8, 4) is 0 Å². The van der Waals surface area contributed by atoms with Crippen LogP contribution in [0.25, 0.3) is 0 Å². The first kappa shape index (κ1) is 27.1. The zero-order chi connectivity index (χ0) is 26.6. The van der Waals surface area contributed by atoms with Gasteiger partial charge in [-0.3, -0.25) is 9.59 Å². The largest absolute Gasteiger partial charge is 0.372 e. The number of piperazine rings is 1. The summed E-state index contributed by atoms with van der Waals surface area (Å²) in [4.78, 5) is 29.4. The zero-order valence-electron chi connectivity index (χ0n) is 22.0. The molecular weight excluding hydrogens is 488 g/mol. The minimum Gasteiger partial charge on any atom is -0.372 e. The van der Waals surface area contributed by atoms with Crippen LogP contribution in [0.2, 0.25) is 0 Å². The van der Waals surface area contributed by atoms with E-state index in [4.69, 9.17) is 0 Å². The van der Waals surface area contributed by atoms with Crippen LogP contribution in [0.15, 0.2) is 53.4 Å². The van der Waals surface area contributed by atoms with E-state index in [-0.39, 0.29) is 42.9 Å². The lowest BCUT2D eigenvalue weighted by molar-refractivity contribution is -0.134. The number of amides is 2. The summed E-state index contributed by atoms with van der Waals surface area (Å²) in [5.74, 6) is -0.304. The van der Waals surface area contributed by atoms with Gasteiger partial charge < -0.3 is 15.1 Å². The van der Waals surface area contributed by atoms with Crippen LogP contribution in [0.4, 0.5) is 5.69 Å². The Morgan fingerprint density at radius 3 is 2.16 bits per heavy atom. The van der Waals surface area contributed by atoms with Crippen molar-refractivity contribution in [3.05, 3.63) is 59.7 Å². The Bertz CT molecular complexity index is 1190. The average Bonchev–Trinajstić information content (AvgIpc) is 2.92. The molecule has 8 nitrogen and oxygen atoms in total. The molecule has 2 aromatic carbocycles. The Kier molecular flexibility index (Phi) is 8.54. The van der Waals surface area contributed by atoms with Crippen LogP contribution in [-0.2, 0) is 26.2 Å². The minimum atomic E-state index is -3.92. The third-order valence-corrected chi connectivity index (χ3v) is 9.28. The predicted molar refractivity (Wildman–Crippen MR) is 145 cm³/mol. The molecule has 2 amide bonds. The molecule has 0 radical (unpaired) electrons. The van der Waals surface area contributed by atoms with Crippen LogP contribution in [0.3, 0.4) is 0 Å². The van der Waals surface area contributed by atoms with E-state index in [0.29, 0.717) is 0 Å². The first-order chi connectivity index (χ1) is 17.7. The second-order valence-corrected chi connectivity index (χ2v) is 12.1. The minimum absolute atomic E-state index is 0.0262. The summed E-state index contributed by atoms with van der Waals surface area (Å²) in [7, 11) is -3.92. The molecule has 9 heteroatoms. The van der Waals surface area contributed by atoms with Crippen molar-refractivity contribution in [1.29, 1.82) is 0 Å². The second kappa shape index (κ2) is 11.6. The van der Waals surface area contributed by atoms with Crippen molar-refractivity contribution in [1.82, 2.24) is 14.5 Å². The molecular formula is C28H38N4O4S. The molecule has 2 aliphatic rings. The topological polar surface area (TPSA) is 90.0 Å². The van der Waals surface area contributed by atoms with Gasteiger partial charge >= 0.3 is 0 Å². The number of sulfonamides is 1. The Balaban J connectivity index is 1.48. The summed E-state index contributed by atoms with van der Waals surface area (Å²) in [5, 5.41) is 2.91. The predicted octanol–water partition coefficient (Wildman–Crippen LogP) is 3.34. The molecule has 0 aromatic heterocycles. The number of hydrogen-bond acceptors (Lipinski definition) is 5. The average molecular weight is 527 g/mol. The van der Waals surface area contributed by atoms with Crippen LogP contribution >= 0.6 is 0 Å². The first-order valence-electron chi connectivity index (χ1n) is 13.2. The molecule has 4 rings (SSSR count). The highest BCUT2D eigenvalue weighted by molar-refractivity contribution is 7.89. The monoisotopic (exact) mass is 526 g/mol. The maximum Gasteiger partial charge on any atom is 0.243 e. The highest BCUT2D eigenvalue weighted by atomic mass is 32.2. The van der Waals surface area contributed by atoms with E-state index in [0.717, 1.165) is 24.2 Å². The van der Waals surface area contributed by atoms with Crippen LogP contribution in [0.5, 0.6) is 0 Å². The molecule has 2 heterocycles. The van der Waals surface area contributed by atoms with Gasteiger partial charge in [-0.05, 0) is 60.6 Å². The van der Waals surface area contributed by atoms with Crippen molar-refractivity contribution in [2.45, 2.75) is 63.4 Å². The fraction of sp³-hybridized carbons (Fsp3) is 0.500. The molecule has 2 fully saturated rings. The van der Waals surface area contributed by atoms with Gasteiger partial charge in [-0.2, -0.15) is 4.31 Å². The van der Waals surface area contributed by atoms with Gasteiger partial charge in [0.2, 0.25) is 21.8 Å². The first-order valence-corrected chi connectivity index (χ1v) is 14.6. The zero-order valence-corrected chi connectivity index (χ0v) is 22.8. The SMILES string of the molecule is CC(=O)N1CCN(S(=O)(=O)c2ccc(C(C)C)cc2)C(C(=O)NCc2ccc(N3CCCCC3)cc2)C1. The quantitative estimate of drug-likeness (QED) is 0.598. The van der Waals surface area contributed by atoms with E-state index < -0.39 is 22.0 Å². The van der Waals surface area contributed by atoms with Gasteiger partial charge in [-0.25, -0.2) is 8.42 Å². The lowest BCUT2D eigenvalue weighted by atomic mass is 10.0. The van der Waals surface area contributed by atoms with Gasteiger partial charge in [0, 0.05) is 51.9 Å². The fourth-order valence-electron chi connectivity index (χ4n) is 5.00. The second-order valence-electron chi connectivity index (χ2n) is 10.3. The number of hydrogen-bond donors (Lipinski definition) is 1. The lowest BCUT2D eigenvalue weighted by Gasteiger charge is -2.39.